The Kier molecular flexibility index (Phi) is 6.37. The van der Waals surface area contributed by atoms with Crippen molar-refractivity contribution in [3.8, 4) is 11.3 Å². The van der Waals surface area contributed by atoms with E-state index in [1.807, 2.05) is 0 Å². The Morgan fingerprint density at radius 1 is 1.11 bits per heavy atom. The molecule has 148 valence electrons. The molecule has 0 saturated heterocycles. The topological polar surface area (TPSA) is 117 Å². The minimum Gasteiger partial charge on any atom is -0.301 e. The average Bonchev–Trinajstić information content (AvgIpc) is 3.02. The number of hydrogen-bond donors (Lipinski definition) is 1. The van der Waals surface area contributed by atoms with Crippen LogP contribution in [0.1, 0.15) is 0 Å². The minimum atomic E-state index is -3.51. The Morgan fingerprint density at radius 3 is 2.22 bits per heavy atom. The molecule has 0 fully saturated rings. The van der Waals surface area contributed by atoms with E-state index in [9.17, 15) is 21.6 Å². The third-order valence-corrected chi connectivity index (χ3v) is 7.46. The van der Waals surface area contributed by atoms with Crippen LogP contribution < -0.4 is 5.32 Å². The zero-order chi connectivity index (χ0) is 20.4. The maximum atomic E-state index is 12.1. The van der Waals surface area contributed by atoms with Gasteiger partial charge in [0.2, 0.25) is 26.0 Å². The molecule has 0 aliphatic rings. The molecule has 12 heteroatoms. The summed E-state index contributed by atoms with van der Waals surface area (Å²) in [5.41, 5.74) is 1.26. The third-order valence-electron chi connectivity index (χ3n) is 3.61. The molecular formula is C15H20N4O5S3. The van der Waals surface area contributed by atoms with Gasteiger partial charge in [-0.3, -0.25) is 4.79 Å². The summed E-state index contributed by atoms with van der Waals surface area (Å²) in [5.74, 6) is -0.503. The molecule has 0 radical (unpaired) electrons. The highest BCUT2D eigenvalue weighted by atomic mass is 32.2. The lowest BCUT2D eigenvalue weighted by molar-refractivity contribution is -0.116. The molecule has 1 N–H and O–H groups in total. The van der Waals surface area contributed by atoms with Crippen LogP contribution in [0.2, 0.25) is 0 Å². The maximum Gasteiger partial charge on any atom is 0.242 e. The van der Waals surface area contributed by atoms with Gasteiger partial charge in [0.25, 0.3) is 0 Å². The number of aromatic nitrogens is 1. The number of nitrogens with zero attached hydrogens (tertiary/aromatic N) is 3. The molecule has 1 aromatic heterocycles. The highest BCUT2D eigenvalue weighted by Crippen LogP contribution is 2.26. The zero-order valence-corrected chi connectivity index (χ0v) is 17.7. The van der Waals surface area contributed by atoms with E-state index in [1.54, 1.807) is 17.5 Å². The number of carbonyl (C=O) groups is 1. The summed E-state index contributed by atoms with van der Waals surface area (Å²) in [6.07, 6.45) is 1.02. The van der Waals surface area contributed by atoms with Crippen molar-refractivity contribution in [3.63, 3.8) is 0 Å². The van der Waals surface area contributed by atoms with Crippen LogP contribution in [0.25, 0.3) is 11.3 Å². The molecular weight excluding hydrogens is 412 g/mol. The quantitative estimate of drug-likeness (QED) is 0.694. The number of amides is 1. The van der Waals surface area contributed by atoms with Gasteiger partial charge in [0.05, 0.1) is 23.4 Å². The van der Waals surface area contributed by atoms with Crippen molar-refractivity contribution in [1.82, 2.24) is 13.6 Å². The zero-order valence-electron chi connectivity index (χ0n) is 15.2. The highest BCUT2D eigenvalue weighted by molar-refractivity contribution is 7.89. The number of sulfonamides is 2. The van der Waals surface area contributed by atoms with Gasteiger partial charge in [-0.1, -0.05) is 12.1 Å². The van der Waals surface area contributed by atoms with Crippen molar-refractivity contribution < 1.29 is 21.6 Å². The van der Waals surface area contributed by atoms with Gasteiger partial charge >= 0.3 is 0 Å². The van der Waals surface area contributed by atoms with Gasteiger partial charge in [-0.15, -0.1) is 11.3 Å². The standard InChI is InChI=1S/C15H20N4O5S3/c1-18(2)27(23,24)12-7-5-11(6-8-12)13-10-25-15(16-13)17-14(20)9-19(3)26(4,21)22/h5-8,10H,9H2,1-4H3,(H,16,17,20). The molecule has 27 heavy (non-hydrogen) atoms. The van der Waals surface area contributed by atoms with E-state index in [4.69, 9.17) is 0 Å². The first kappa shape index (κ1) is 21.4. The number of carbonyl (C=O) groups excluding carboxylic acids is 1. The van der Waals surface area contributed by atoms with Crippen LogP contribution in [0.3, 0.4) is 0 Å². The van der Waals surface area contributed by atoms with Gasteiger partial charge in [0, 0.05) is 32.1 Å². The Labute approximate surface area is 162 Å². The number of rotatable bonds is 7. The van der Waals surface area contributed by atoms with Crippen LogP contribution in [-0.2, 0) is 24.8 Å². The molecule has 2 rings (SSSR count). The van der Waals surface area contributed by atoms with Gasteiger partial charge in [0.15, 0.2) is 5.13 Å². The van der Waals surface area contributed by atoms with E-state index < -0.39 is 26.0 Å². The molecule has 1 heterocycles. The third kappa shape index (κ3) is 5.32. The molecule has 0 aliphatic heterocycles. The average molecular weight is 433 g/mol. The molecule has 0 saturated carbocycles. The lowest BCUT2D eigenvalue weighted by atomic mass is 10.2. The highest BCUT2D eigenvalue weighted by Gasteiger charge is 2.18. The molecule has 0 aliphatic carbocycles. The van der Waals surface area contributed by atoms with Crippen LogP contribution in [0.4, 0.5) is 5.13 Å². The lowest BCUT2D eigenvalue weighted by Crippen LogP contribution is -2.34. The fraction of sp³-hybridized carbons (Fsp3) is 0.333. The molecule has 2 aromatic rings. The number of likely N-dealkylation sites (N-methyl/N-ethyl adjacent to an activating group) is 1. The van der Waals surface area contributed by atoms with E-state index in [0.717, 1.165) is 14.9 Å². The van der Waals surface area contributed by atoms with Crippen molar-refractivity contribution in [2.24, 2.45) is 0 Å². The van der Waals surface area contributed by atoms with Crippen LogP contribution in [0.5, 0.6) is 0 Å². The molecule has 9 nitrogen and oxygen atoms in total. The lowest BCUT2D eigenvalue weighted by Gasteiger charge is -2.12. The number of nitrogens with one attached hydrogen (secondary N) is 1. The second-order valence-corrected chi connectivity index (χ2v) is 11.0. The van der Waals surface area contributed by atoms with E-state index in [1.165, 1.54) is 44.6 Å². The van der Waals surface area contributed by atoms with Crippen LogP contribution in [0.15, 0.2) is 34.5 Å². The van der Waals surface area contributed by atoms with Crippen LogP contribution >= 0.6 is 11.3 Å². The Hall–Kier alpha value is -1.86. The van der Waals surface area contributed by atoms with Crippen molar-refractivity contribution in [2.75, 3.05) is 39.3 Å². The predicted octanol–water partition coefficient (Wildman–Crippen LogP) is 0.890. The largest absolute Gasteiger partial charge is 0.301 e. The van der Waals surface area contributed by atoms with E-state index >= 15 is 0 Å². The second kappa shape index (κ2) is 8.02. The second-order valence-electron chi connectivity index (χ2n) is 5.92. The Morgan fingerprint density at radius 2 is 1.70 bits per heavy atom. The first-order chi connectivity index (χ1) is 12.4. The van der Waals surface area contributed by atoms with Gasteiger partial charge in [-0.25, -0.2) is 26.1 Å². The summed E-state index contributed by atoms with van der Waals surface area (Å²) in [6, 6.07) is 6.25. The summed E-state index contributed by atoms with van der Waals surface area (Å²) in [7, 11) is -2.73. The first-order valence-corrected chi connectivity index (χ1v) is 11.8. The summed E-state index contributed by atoms with van der Waals surface area (Å²) in [5, 5.41) is 4.58. The maximum absolute atomic E-state index is 12.1. The number of benzene rings is 1. The monoisotopic (exact) mass is 432 g/mol. The van der Waals surface area contributed by atoms with Crippen molar-refractivity contribution in [3.05, 3.63) is 29.6 Å². The molecule has 1 amide bonds. The number of hydrogen-bond acceptors (Lipinski definition) is 7. The van der Waals surface area contributed by atoms with Crippen molar-refractivity contribution >= 4 is 42.4 Å². The number of thiazole rings is 1. The molecule has 0 spiro atoms. The van der Waals surface area contributed by atoms with E-state index in [-0.39, 0.29) is 11.4 Å². The molecule has 0 atom stereocenters. The van der Waals surface area contributed by atoms with E-state index in [0.29, 0.717) is 16.4 Å². The van der Waals surface area contributed by atoms with Crippen molar-refractivity contribution in [2.45, 2.75) is 4.90 Å². The molecule has 0 unspecified atom stereocenters. The van der Waals surface area contributed by atoms with E-state index in [2.05, 4.69) is 10.3 Å². The van der Waals surface area contributed by atoms with Gasteiger partial charge in [0.1, 0.15) is 0 Å². The summed E-state index contributed by atoms with van der Waals surface area (Å²) >= 11 is 1.18. The first-order valence-electron chi connectivity index (χ1n) is 7.61. The van der Waals surface area contributed by atoms with Crippen LogP contribution in [0, 0.1) is 0 Å². The summed E-state index contributed by atoms with van der Waals surface area (Å²) in [4.78, 5) is 16.4. The van der Waals surface area contributed by atoms with Gasteiger partial charge in [-0.2, -0.15) is 4.31 Å². The SMILES string of the molecule is CN(CC(=O)Nc1nc(-c2ccc(S(=O)(=O)N(C)C)cc2)cs1)S(C)(=O)=O. The summed E-state index contributed by atoms with van der Waals surface area (Å²) < 4.78 is 48.9. The fourth-order valence-corrected chi connectivity index (χ4v) is 3.94. The Balaban J connectivity index is 2.11. The van der Waals surface area contributed by atoms with Gasteiger partial charge < -0.3 is 5.32 Å². The van der Waals surface area contributed by atoms with Crippen LogP contribution in [-0.4, -0.2) is 70.3 Å². The number of anilines is 1. The smallest absolute Gasteiger partial charge is 0.242 e. The minimum absolute atomic E-state index is 0.170. The summed E-state index contributed by atoms with van der Waals surface area (Å²) in [6.45, 7) is -0.315. The predicted molar refractivity (Wildman–Crippen MR) is 105 cm³/mol. The molecule has 1 aromatic carbocycles. The Bertz CT molecular complexity index is 1030. The van der Waals surface area contributed by atoms with Crippen molar-refractivity contribution in [1.29, 1.82) is 0 Å². The normalized spacial score (nSPS) is 12.5. The molecule has 0 bridgehead atoms. The van der Waals surface area contributed by atoms with Gasteiger partial charge in [-0.05, 0) is 12.1 Å². The fourth-order valence-electron chi connectivity index (χ4n) is 1.95.